The molecule has 6 heterocycles. The van der Waals surface area contributed by atoms with Crippen molar-refractivity contribution in [3.8, 4) is 11.3 Å². The van der Waals surface area contributed by atoms with Crippen LogP contribution < -0.4 is 26.5 Å². The molecule has 12 nitrogen and oxygen atoms in total. The molecule has 0 bridgehead atoms. The maximum atomic E-state index is 13.2. The van der Waals surface area contributed by atoms with E-state index in [4.69, 9.17) is 4.98 Å². The summed E-state index contributed by atoms with van der Waals surface area (Å²) in [6.07, 6.45) is 8.54. The first-order valence-corrected chi connectivity index (χ1v) is 22.1. The number of piperazine rings is 1. The number of carbonyl (C=O) groups excluding carboxylic acids is 3. The van der Waals surface area contributed by atoms with Gasteiger partial charge < -0.3 is 15.5 Å². The fraction of sp³-hybridized carbons (Fsp3) is 0.413. The number of anilines is 2. The summed E-state index contributed by atoms with van der Waals surface area (Å²) in [5.74, 6) is -0.694. The van der Waals surface area contributed by atoms with Gasteiger partial charge in [0.15, 0.2) is 0 Å². The molecule has 1 unspecified atom stereocenters. The smallest absolute Gasteiger partial charge is 0.329 e. The van der Waals surface area contributed by atoms with Crippen LogP contribution in [0.15, 0.2) is 71.5 Å². The Bertz CT molecular complexity index is 2620. The lowest BCUT2D eigenvalue weighted by Gasteiger charge is -2.36. The molecule has 3 aromatic carbocycles. The number of imidazole rings is 1. The van der Waals surface area contributed by atoms with E-state index >= 15 is 0 Å². The quantitative estimate of drug-likeness (QED) is 0.0890. The highest BCUT2D eigenvalue weighted by Gasteiger charge is 2.32. The van der Waals surface area contributed by atoms with Crippen molar-refractivity contribution in [3.05, 3.63) is 87.7 Å². The number of nitrogens with one attached hydrogen (secondary N) is 3. The normalized spacial score (nSPS) is 18.9. The zero-order valence-electron chi connectivity index (χ0n) is 33.9. The summed E-state index contributed by atoms with van der Waals surface area (Å²) >= 11 is 1.54. The lowest BCUT2D eigenvalue weighted by atomic mass is 10.0. The molecule has 59 heavy (non-hydrogen) atoms. The number of rotatable bonds is 12. The highest BCUT2D eigenvalue weighted by atomic mass is 32.1. The predicted molar refractivity (Wildman–Crippen MR) is 237 cm³/mol. The Balaban J connectivity index is 0.715. The second-order valence-electron chi connectivity index (χ2n) is 16.5. The molecule has 3 aliphatic rings. The maximum Gasteiger partial charge on any atom is 0.329 e. The van der Waals surface area contributed by atoms with Crippen molar-refractivity contribution < 1.29 is 14.4 Å². The van der Waals surface area contributed by atoms with Gasteiger partial charge in [0.05, 0.1) is 27.9 Å². The van der Waals surface area contributed by atoms with Gasteiger partial charge in [-0.25, -0.2) is 9.78 Å². The fourth-order valence-corrected chi connectivity index (χ4v) is 10.4. The van der Waals surface area contributed by atoms with Crippen molar-refractivity contribution in [3.63, 3.8) is 0 Å². The van der Waals surface area contributed by atoms with Crippen molar-refractivity contribution in [2.24, 2.45) is 7.05 Å². The molecule has 3 N–H and O–H groups in total. The Morgan fingerprint density at radius 3 is 2.42 bits per heavy atom. The average molecular weight is 813 g/mol. The number of aromatic nitrogens is 3. The molecule has 3 aliphatic heterocycles. The van der Waals surface area contributed by atoms with E-state index in [1.54, 1.807) is 16.2 Å². The van der Waals surface area contributed by atoms with Gasteiger partial charge in [0, 0.05) is 79.0 Å². The second-order valence-corrected chi connectivity index (χ2v) is 17.5. The molecule has 0 radical (unpaired) electrons. The molecule has 13 heteroatoms. The SMILES string of the molecule is C[C@@H]1CNc2c(sc3ccc4nc(-c5ccc(N6CCN(CCCCCCCCc7cccc8c7n(C)c(=O)n8C7CCC(=O)NC7=O)CC6)cc5)ccc4c23)C(=O)N1. The number of para-hydroxylation sites is 1. The number of piperidine rings is 1. The lowest BCUT2D eigenvalue weighted by Crippen LogP contribution is -2.46. The zero-order valence-corrected chi connectivity index (χ0v) is 34.7. The van der Waals surface area contributed by atoms with Crippen LogP contribution in [0, 0.1) is 0 Å². The molecule has 6 aromatic rings. The van der Waals surface area contributed by atoms with Crippen LogP contribution in [-0.2, 0) is 23.1 Å². The van der Waals surface area contributed by atoms with Gasteiger partial charge in [-0.05, 0) is 87.2 Å². The molecule has 3 amide bonds. The minimum Gasteiger partial charge on any atom is -0.381 e. The first kappa shape index (κ1) is 39.0. The van der Waals surface area contributed by atoms with Crippen molar-refractivity contribution in [1.82, 2.24) is 29.7 Å². The van der Waals surface area contributed by atoms with E-state index < -0.39 is 11.9 Å². The molecule has 306 valence electrons. The van der Waals surface area contributed by atoms with Crippen LogP contribution in [0.25, 0.3) is 43.3 Å². The summed E-state index contributed by atoms with van der Waals surface area (Å²) in [4.78, 5) is 61.2. The minimum absolute atomic E-state index is 0.0134. The summed E-state index contributed by atoms with van der Waals surface area (Å²) in [5, 5.41) is 11.1. The Hall–Kier alpha value is -5.53. The van der Waals surface area contributed by atoms with Gasteiger partial charge in [-0.15, -0.1) is 11.3 Å². The lowest BCUT2D eigenvalue weighted by molar-refractivity contribution is -0.135. The van der Waals surface area contributed by atoms with Gasteiger partial charge in [0.1, 0.15) is 10.9 Å². The Morgan fingerprint density at radius 1 is 0.847 bits per heavy atom. The fourth-order valence-electron chi connectivity index (χ4n) is 9.27. The third-order valence-electron chi connectivity index (χ3n) is 12.5. The van der Waals surface area contributed by atoms with Gasteiger partial charge in [-0.1, -0.05) is 49.9 Å². The van der Waals surface area contributed by atoms with E-state index in [-0.39, 0.29) is 30.0 Å². The number of pyridine rings is 1. The largest absolute Gasteiger partial charge is 0.381 e. The number of unbranched alkanes of at least 4 members (excludes halogenated alkanes) is 5. The number of nitrogens with zero attached hydrogens (tertiary/aromatic N) is 5. The summed E-state index contributed by atoms with van der Waals surface area (Å²) in [6.45, 7) is 8.04. The third kappa shape index (κ3) is 7.73. The van der Waals surface area contributed by atoms with Gasteiger partial charge >= 0.3 is 5.69 Å². The molecular weight excluding hydrogens is 761 g/mol. The number of carbonyl (C=O) groups is 3. The summed E-state index contributed by atoms with van der Waals surface area (Å²) in [6, 6.07) is 22.6. The first-order valence-electron chi connectivity index (χ1n) is 21.2. The third-order valence-corrected chi connectivity index (χ3v) is 13.6. The van der Waals surface area contributed by atoms with Crippen LogP contribution in [0.4, 0.5) is 11.4 Å². The zero-order chi connectivity index (χ0) is 40.6. The molecular formula is C46H52N8O4S. The van der Waals surface area contributed by atoms with E-state index in [2.05, 4.69) is 80.3 Å². The van der Waals surface area contributed by atoms with Crippen molar-refractivity contribution >= 4 is 72.5 Å². The summed E-state index contributed by atoms with van der Waals surface area (Å²) < 4.78 is 4.32. The Kier molecular flexibility index (Phi) is 11.0. The van der Waals surface area contributed by atoms with E-state index in [0.29, 0.717) is 13.0 Å². The molecule has 3 aromatic heterocycles. The molecule has 9 rings (SSSR count). The number of benzene rings is 3. The van der Waals surface area contributed by atoms with E-state index in [1.165, 1.54) is 42.7 Å². The second kappa shape index (κ2) is 16.6. The molecule has 0 saturated carbocycles. The Labute approximate surface area is 347 Å². The number of fused-ring (bicyclic) bond motifs is 6. The molecule has 2 atom stereocenters. The van der Waals surface area contributed by atoms with E-state index in [9.17, 15) is 19.2 Å². The molecule has 2 fully saturated rings. The molecule has 0 aliphatic carbocycles. The number of hydrogen-bond donors (Lipinski definition) is 3. The van der Waals surface area contributed by atoms with Crippen molar-refractivity contribution in [2.75, 3.05) is 49.5 Å². The number of hydrogen-bond acceptors (Lipinski definition) is 9. The van der Waals surface area contributed by atoms with Gasteiger partial charge in [-0.3, -0.25) is 33.7 Å². The highest BCUT2D eigenvalue weighted by molar-refractivity contribution is 7.21. The number of thiophene rings is 1. The minimum atomic E-state index is -0.659. The van der Waals surface area contributed by atoms with Crippen LogP contribution in [0.1, 0.15) is 79.6 Å². The van der Waals surface area contributed by atoms with E-state index in [1.807, 2.05) is 19.1 Å². The number of amides is 3. The average Bonchev–Trinajstić information content (AvgIpc) is 3.70. The van der Waals surface area contributed by atoms with Crippen LogP contribution in [0.5, 0.6) is 0 Å². The highest BCUT2D eigenvalue weighted by Crippen LogP contribution is 2.41. The first-order chi connectivity index (χ1) is 28.7. The standard InChI is InChI=1S/C46H52N8O4S/c1-29-28-47-41-40-33-17-18-34(49-35(33)19-21-38(40)59-43(41)45(57)48-29)30-13-15-32(16-14-30)53-26-24-52(25-27-53)23-8-6-4-3-5-7-10-31-11-9-12-36-42(31)51(2)46(58)54(36)37-20-22-39(55)50-44(37)56/h9,11-19,21,29,37,47H,3-8,10,20,22-28H2,1-2H3,(H,48,57)(H,50,55,56)/t29-,37?/m1/s1. The predicted octanol–water partition coefficient (Wildman–Crippen LogP) is 7.00. The Morgan fingerprint density at radius 2 is 1.63 bits per heavy atom. The van der Waals surface area contributed by atoms with Crippen LogP contribution in [0.3, 0.4) is 0 Å². The maximum absolute atomic E-state index is 13.2. The van der Waals surface area contributed by atoms with Crippen molar-refractivity contribution in [2.45, 2.75) is 76.8 Å². The molecule has 0 spiro atoms. The van der Waals surface area contributed by atoms with Crippen LogP contribution in [0.2, 0.25) is 0 Å². The van der Waals surface area contributed by atoms with Crippen LogP contribution >= 0.6 is 11.3 Å². The monoisotopic (exact) mass is 812 g/mol. The van der Waals surface area contributed by atoms with Gasteiger partial charge in [0.2, 0.25) is 11.8 Å². The topological polar surface area (TPSA) is 134 Å². The van der Waals surface area contributed by atoms with Crippen molar-refractivity contribution in [1.29, 1.82) is 0 Å². The van der Waals surface area contributed by atoms with Crippen LogP contribution in [-0.4, -0.2) is 82.1 Å². The summed E-state index contributed by atoms with van der Waals surface area (Å²) in [5.41, 5.74) is 7.70. The summed E-state index contributed by atoms with van der Waals surface area (Å²) in [7, 11) is 1.77. The molecule has 2 saturated heterocycles. The van der Waals surface area contributed by atoms with E-state index in [0.717, 1.165) is 111 Å². The van der Waals surface area contributed by atoms with Gasteiger partial charge in [-0.2, -0.15) is 0 Å². The number of aryl methyl sites for hydroxylation is 2. The number of imide groups is 1. The van der Waals surface area contributed by atoms with Gasteiger partial charge in [0.25, 0.3) is 5.91 Å².